The highest BCUT2D eigenvalue weighted by Crippen LogP contribution is 2.17. The van der Waals surface area contributed by atoms with Gasteiger partial charge in [0.25, 0.3) is 0 Å². The third-order valence-electron chi connectivity index (χ3n) is 2.41. The Labute approximate surface area is 123 Å². The summed E-state index contributed by atoms with van der Waals surface area (Å²) in [6.07, 6.45) is 0. The molecule has 2 amide bonds. The van der Waals surface area contributed by atoms with Crippen LogP contribution in [0.5, 0.6) is 0 Å². The molecule has 2 aromatic heterocycles. The monoisotopic (exact) mass is 311 g/mol. The van der Waals surface area contributed by atoms with E-state index in [-0.39, 0.29) is 18.0 Å². The maximum atomic E-state index is 11.6. The van der Waals surface area contributed by atoms with E-state index in [1.807, 2.05) is 0 Å². The molecule has 10 heteroatoms. The van der Waals surface area contributed by atoms with Crippen LogP contribution in [0.3, 0.4) is 0 Å². The molecule has 0 saturated carbocycles. The minimum absolute atomic E-state index is 0.115. The van der Waals surface area contributed by atoms with Crippen molar-refractivity contribution in [2.24, 2.45) is 0 Å². The van der Waals surface area contributed by atoms with Crippen LogP contribution in [0.1, 0.15) is 32.1 Å². The number of thiazole rings is 1. The van der Waals surface area contributed by atoms with Crippen molar-refractivity contribution in [3.63, 3.8) is 0 Å². The molecule has 0 bridgehead atoms. The SMILES string of the molecule is Cc1noc(CNC(=O)NCc2nc(C)c(C(=O)O)s2)n1. The molecular formula is C11H13N5O4S. The Morgan fingerprint density at radius 2 is 1.95 bits per heavy atom. The number of carboxylic acids is 1. The number of carbonyl (C=O) groups is 2. The summed E-state index contributed by atoms with van der Waals surface area (Å²) in [7, 11) is 0. The van der Waals surface area contributed by atoms with Crippen LogP contribution in [0.15, 0.2) is 4.52 Å². The topological polar surface area (TPSA) is 130 Å². The number of rotatable bonds is 5. The number of hydrogen-bond donors (Lipinski definition) is 3. The minimum Gasteiger partial charge on any atom is -0.477 e. The first-order chi connectivity index (χ1) is 9.95. The van der Waals surface area contributed by atoms with Crippen molar-refractivity contribution in [2.75, 3.05) is 0 Å². The number of hydrogen-bond acceptors (Lipinski definition) is 7. The number of aromatic carboxylic acids is 1. The lowest BCUT2D eigenvalue weighted by Gasteiger charge is -2.03. The number of carbonyl (C=O) groups excluding carboxylic acids is 1. The molecule has 2 heterocycles. The quantitative estimate of drug-likeness (QED) is 0.745. The number of nitrogens with zero attached hydrogens (tertiary/aromatic N) is 3. The molecule has 0 saturated heterocycles. The lowest BCUT2D eigenvalue weighted by molar-refractivity contribution is 0.0701. The van der Waals surface area contributed by atoms with Gasteiger partial charge >= 0.3 is 12.0 Å². The average Bonchev–Trinajstić information content (AvgIpc) is 3.00. The van der Waals surface area contributed by atoms with Gasteiger partial charge in [-0.15, -0.1) is 11.3 Å². The summed E-state index contributed by atoms with van der Waals surface area (Å²) in [6.45, 7) is 3.55. The molecule has 0 unspecified atom stereocenters. The fourth-order valence-corrected chi connectivity index (χ4v) is 2.36. The summed E-state index contributed by atoms with van der Waals surface area (Å²) >= 11 is 1.03. The maximum absolute atomic E-state index is 11.6. The van der Waals surface area contributed by atoms with E-state index in [9.17, 15) is 9.59 Å². The van der Waals surface area contributed by atoms with Gasteiger partial charge in [-0.2, -0.15) is 4.98 Å². The predicted octanol–water partition coefficient (Wildman–Crippen LogP) is 0.841. The molecule has 9 nitrogen and oxygen atoms in total. The van der Waals surface area contributed by atoms with Gasteiger partial charge < -0.3 is 20.3 Å². The predicted molar refractivity (Wildman–Crippen MR) is 71.9 cm³/mol. The number of nitrogens with one attached hydrogen (secondary N) is 2. The van der Waals surface area contributed by atoms with Crippen LogP contribution in [0.2, 0.25) is 0 Å². The number of carboxylic acid groups (broad SMARTS) is 1. The minimum atomic E-state index is -1.02. The second-order valence-corrected chi connectivity index (χ2v) is 5.18. The largest absolute Gasteiger partial charge is 0.477 e. The van der Waals surface area contributed by atoms with E-state index >= 15 is 0 Å². The highest BCUT2D eigenvalue weighted by Gasteiger charge is 2.14. The van der Waals surface area contributed by atoms with Crippen LogP contribution >= 0.6 is 11.3 Å². The molecule has 0 aliphatic rings. The zero-order valence-corrected chi connectivity index (χ0v) is 12.2. The van der Waals surface area contributed by atoms with Gasteiger partial charge in [-0.3, -0.25) is 0 Å². The molecule has 0 aliphatic heterocycles. The highest BCUT2D eigenvalue weighted by atomic mass is 32.1. The normalized spacial score (nSPS) is 10.4. The van der Waals surface area contributed by atoms with Crippen molar-refractivity contribution >= 4 is 23.3 Å². The van der Waals surface area contributed by atoms with Gasteiger partial charge in [0.15, 0.2) is 5.82 Å². The molecule has 21 heavy (non-hydrogen) atoms. The summed E-state index contributed by atoms with van der Waals surface area (Å²) in [5.74, 6) is -0.222. The zero-order chi connectivity index (χ0) is 15.4. The van der Waals surface area contributed by atoms with Crippen LogP contribution in [-0.4, -0.2) is 32.2 Å². The van der Waals surface area contributed by atoms with Gasteiger partial charge in [-0.1, -0.05) is 5.16 Å². The van der Waals surface area contributed by atoms with E-state index in [4.69, 9.17) is 9.63 Å². The summed E-state index contributed by atoms with van der Waals surface area (Å²) < 4.78 is 4.84. The van der Waals surface area contributed by atoms with Crippen molar-refractivity contribution in [2.45, 2.75) is 26.9 Å². The van der Waals surface area contributed by atoms with Crippen molar-refractivity contribution in [3.8, 4) is 0 Å². The van der Waals surface area contributed by atoms with Crippen LogP contribution in [0.25, 0.3) is 0 Å². The van der Waals surface area contributed by atoms with Crippen molar-refractivity contribution < 1.29 is 19.2 Å². The Bertz CT molecular complexity index is 665. The van der Waals surface area contributed by atoms with Gasteiger partial charge in [0.05, 0.1) is 18.8 Å². The second kappa shape index (κ2) is 6.31. The molecule has 0 atom stereocenters. The number of amides is 2. The summed E-state index contributed by atoms with van der Waals surface area (Å²) in [5, 5.41) is 18.1. The van der Waals surface area contributed by atoms with Gasteiger partial charge in [0, 0.05) is 0 Å². The lowest BCUT2D eigenvalue weighted by Crippen LogP contribution is -2.34. The van der Waals surface area contributed by atoms with E-state index in [0.29, 0.717) is 22.4 Å². The Balaban J connectivity index is 1.81. The summed E-state index contributed by atoms with van der Waals surface area (Å²) in [5.41, 5.74) is 0.436. The van der Waals surface area contributed by atoms with E-state index in [0.717, 1.165) is 11.3 Å². The van der Waals surface area contributed by atoms with Crippen molar-refractivity contribution in [3.05, 3.63) is 27.3 Å². The third-order valence-corrected chi connectivity index (χ3v) is 3.55. The highest BCUT2D eigenvalue weighted by molar-refractivity contribution is 7.13. The Hall–Kier alpha value is -2.49. The number of aromatic nitrogens is 3. The first-order valence-corrected chi connectivity index (χ1v) is 6.78. The number of aryl methyl sites for hydroxylation is 2. The fraction of sp³-hybridized carbons (Fsp3) is 0.364. The number of urea groups is 1. The first-order valence-electron chi connectivity index (χ1n) is 5.96. The van der Waals surface area contributed by atoms with Gasteiger partial charge in [0.2, 0.25) is 5.89 Å². The average molecular weight is 311 g/mol. The lowest BCUT2D eigenvalue weighted by atomic mass is 10.4. The Morgan fingerprint density at radius 1 is 1.24 bits per heavy atom. The molecule has 112 valence electrons. The Kier molecular flexibility index (Phi) is 4.48. The molecule has 0 radical (unpaired) electrons. The first kappa shape index (κ1) is 14.9. The van der Waals surface area contributed by atoms with E-state index in [1.165, 1.54) is 0 Å². The van der Waals surface area contributed by atoms with Crippen molar-refractivity contribution in [1.82, 2.24) is 25.8 Å². The van der Waals surface area contributed by atoms with Crippen LogP contribution in [0, 0.1) is 13.8 Å². The zero-order valence-electron chi connectivity index (χ0n) is 11.3. The van der Waals surface area contributed by atoms with Crippen LogP contribution in [-0.2, 0) is 13.1 Å². The van der Waals surface area contributed by atoms with Gasteiger partial charge in [-0.25, -0.2) is 14.6 Å². The molecule has 0 spiro atoms. The van der Waals surface area contributed by atoms with Gasteiger partial charge in [-0.05, 0) is 13.8 Å². The van der Waals surface area contributed by atoms with Gasteiger partial charge in [0.1, 0.15) is 9.88 Å². The second-order valence-electron chi connectivity index (χ2n) is 4.10. The Morgan fingerprint density at radius 3 is 2.52 bits per heavy atom. The molecule has 0 aliphatic carbocycles. The van der Waals surface area contributed by atoms with E-state index in [1.54, 1.807) is 13.8 Å². The smallest absolute Gasteiger partial charge is 0.347 e. The molecule has 3 N–H and O–H groups in total. The third kappa shape index (κ3) is 3.99. The molecule has 2 rings (SSSR count). The standard InChI is InChI=1S/C11H13N5O4S/c1-5-9(10(17)18)21-8(14-5)4-13-11(19)12-3-7-15-6(2)16-20-7/h3-4H2,1-2H3,(H,17,18)(H2,12,13,19). The van der Waals surface area contributed by atoms with Crippen LogP contribution < -0.4 is 10.6 Å². The summed E-state index contributed by atoms with van der Waals surface area (Å²) in [6, 6.07) is -0.435. The molecular weight excluding hydrogens is 298 g/mol. The van der Waals surface area contributed by atoms with E-state index in [2.05, 4.69) is 25.8 Å². The fourth-order valence-electron chi connectivity index (χ4n) is 1.51. The molecule has 0 fully saturated rings. The van der Waals surface area contributed by atoms with Crippen LogP contribution in [0.4, 0.5) is 4.79 Å². The maximum Gasteiger partial charge on any atom is 0.347 e. The summed E-state index contributed by atoms with van der Waals surface area (Å²) in [4.78, 5) is 30.6. The van der Waals surface area contributed by atoms with E-state index < -0.39 is 12.0 Å². The molecule has 0 aromatic carbocycles. The molecule has 2 aromatic rings. The van der Waals surface area contributed by atoms with Crippen molar-refractivity contribution in [1.29, 1.82) is 0 Å².